The van der Waals surface area contributed by atoms with Crippen LogP contribution in [0.3, 0.4) is 0 Å². The van der Waals surface area contributed by atoms with Crippen LogP contribution < -0.4 is 0 Å². The molecule has 0 spiro atoms. The number of fused-ring (bicyclic) bond motifs is 6. The van der Waals surface area contributed by atoms with Gasteiger partial charge in [-0.25, -0.2) is 0 Å². The summed E-state index contributed by atoms with van der Waals surface area (Å²) in [6.07, 6.45) is 21.2. The maximum Gasteiger partial charge on any atom is 0.0542 e. The van der Waals surface area contributed by atoms with E-state index in [1.807, 2.05) is 34.4 Å². The normalized spacial score (nSPS) is 13.2. The molecule has 2 unspecified atom stereocenters. The molecule has 0 aliphatic rings. The molecule has 0 amide bonds. The third-order valence-corrected chi connectivity index (χ3v) is 16.0. The van der Waals surface area contributed by atoms with E-state index in [4.69, 9.17) is 6.42 Å². The van der Waals surface area contributed by atoms with E-state index < -0.39 is 0 Å². The van der Waals surface area contributed by atoms with Crippen molar-refractivity contribution < 1.29 is 0 Å². The molecule has 0 radical (unpaired) electrons. The number of aryl methyl sites for hydroxylation is 2. The largest absolute Gasteiger partial charge is 0.134 e. The van der Waals surface area contributed by atoms with Gasteiger partial charge in [-0.05, 0) is 149 Å². The molecule has 0 saturated heterocycles. The number of rotatable bonds is 19. The Hall–Kier alpha value is -3.46. The van der Waals surface area contributed by atoms with Crippen LogP contribution in [-0.2, 0) is 12.8 Å². The van der Waals surface area contributed by atoms with E-state index in [2.05, 4.69) is 150 Å². The van der Waals surface area contributed by atoms with Crippen molar-refractivity contribution in [3.63, 3.8) is 0 Å². The fraction of sp³-hybridized carbons (Fsp3) is 0.370. The molecule has 7 aromatic rings. The van der Waals surface area contributed by atoms with Crippen LogP contribution in [0.4, 0.5) is 0 Å². The van der Waals surface area contributed by atoms with Crippen molar-refractivity contribution >= 4 is 92.6 Å². The summed E-state index contributed by atoms with van der Waals surface area (Å²) >= 11 is 7.41. The first-order chi connectivity index (χ1) is 28.1. The van der Waals surface area contributed by atoms with Gasteiger partial charge in [-0.1, -0.05) is 140 Å². The molecule has 0 nitrogen and oxygen atoms in total. The van der Waals surface area contributed by atoms with Gasteiger partial charge in [-0.2, -0.15) is 0 Å². The summed E-state index contributed by atoms with van der Waals surface area (Å²) in [4.78, 5) is 3.84. The third-order valence-electron chi connectivity index (χ3n) is 11.7. The summed E-state index contributed by atoms with van der Waals surface area (Å²) in [5, 5.41) is 7.43. The highest BCUT2D eigenvalue weighted by Gasteiger charge is 2.15. The minimum atomic E-state index is 0.787. The Kier molecular flexibility index (Phi) is 14.9. The van der Waals surface area contributed by atoms with Gasteiger partial charge in [0, 0.05) is 40.4 Å². The van der Waals surface area contributed by atoms with E-state index >= 15 is 0 Å². The van der Waals surface area contributed by atoms with Gasteiger partial charge in [0.25, 0.3) is 0 Å². The Morgan fingerprint density at radius 2 is 1.12 bits per heavy atom. The summed E-state index contributed by atoms with van der Waals surface area (Å²) in [5.41, 5.74) is 4.94. The van der Waals surface area contributed by atoms with E-state index in [9.17, 15) is 0 Å². The topological polar surface area (TPSA) is 0 Å². The molecule has 2 aromatic heterocycles. The van der Waals surface area contributed by atoms with Crippen LogP contribution in [0.25, 0.3) is 46.4 Å². The molecule has 0 N–H and O–H groups in total. The van der Waals surface area contributed by atoms with E-state index in [0.717, 1.165) is 41.2 Å². The molecule has 0 fully saturated rings. The van der Waals surface area contributed by atoms with Crippen molar-refractivity contribution in [3.05, 3.63) is 119 Å². The maximum atomic E-state index is 6.08. The smallest absolute Gasteiger partial charge is 0.0542 e. The molecule has 0 saturated carbocycles. The molecule has 2 heterocycles. The highest BCUT2D eigenvalue weighted by atomic mass is 32.2. The fourth-order valence-electron chi connectivity index (χ4n) is 8.01. The van der Waals surface area contributed by atoms with Gasteiger partial charge in [0.1, 0.15) is 0 Å². The Morgan fingerprint density at radius 1 is 0.569 bits per heavy atom. The second-order valence-corrected chi connectivity index (χ2v) is 21.8. The first-order valence-electron chi connectivity index (χ1n) is 21.6. The Bertz CT molecular complexity index is 2500. The van der Waals surface area contributed by atoms with Crippen molar-refractivity contribution in [2.75, 3.05) is 0 Å². The van der Waals surface area contributed by atoms with Gasteiger partial charge in [-0.3, -0.25) is 0 Å². The van der Waals surface area contributed by atoms with Gasteiger partial charge in [0.15, 0.2) is 0 Å². The van der Waals surface area contributed by atoms with Crippen molar-refractivity contribution in [2.24, 2.45) is 23.7 Å². The number of terminal acetylenes is 1. The van der Waals surface area contributed by atoms with Crippen molar-refractivity contribution in [1.82, 2.24) is 0 Å². The first-order valence-corrected chi connectivity index (χ1v) is 25.0. The molecule has 4 heteroatoms. The number of hydrogen-bond acceptors (Lipinski definition) is 4. The van der Waals surface area contributed by atoms with E-state index in [0.29, 0.717) is 0 Å². The quantitative estimate of drug-likeness (QED) is 0.0588. The molecular formula is C54H60S4. The highest BCUT2D eigenvalue weighted by molar-refractivity contribution is 8.02. The van der Waals surface area contributed by atoms with Crippen LogP contribution in [0, 0.1) is 36.0 Å². The van der Waals surface area contributed by atoms with Crippen LogP contribution in [0.1, 0.15) is 115 Å². The van der Waals surface area contributed by atoms with Crippen LogP contribution in [-0.4, -0.2) is 0 Å². The molecule has 7 rings (SSSR count). The zero-order valence-corrected chi connectivity index (χ0v) is 38.7. The molecule has 58 heavy (non-hydrogen) atoms. The van der Waals surface area contributed by atoms with Crippen molar-refractivity contribution in [3.8, 4) is 12.3 Å². The number of hydrogen-bond donors (Lipinski definition) is 0. The maximum absolute atomic E-state index is 6.08. The standard InChI is InChI=1S/C54H60S4/c1-8-42-34-51-50(33-44(42)29-30-55-46-24-19-40(20-25-46)17-15-38(6)13-9-11-36(2)3)54-53(57-51)49-32-43-23-28-48(31-45(43)35-52(49)58-54)56-47-26-21-41(22-27-47)18-16-39(7)14-10-12-37(4)5/h1,19-39H,9-18H2,2-7H3/b30-29-. The van der Waals surface area contributed by atoms with Crippen molar-refractivity contribution in [1.29, 1.82) is 0 Å². The zero-order chi connectivity index (χ0) is 40.6. The van der Waals surface area contributed by atoms with Gasteiger partial charge in [0.2, 0.25) is 0 Å². The first kappa shape index (κ1) is 42.7. The minimum absolute atomic E-state index is 0.787. The van der Waals surface area contributed by atoms with Crippen LogP contribution in [0.15, 0.2) is 111 Å². The molecule has 0 bridgehead atoms. The van der Waals surface area contributed by atoms with Gasteiger partial charge < -0.3 is 0 Å². The lowest BCUT2D eigenvalue weighted by Crippen LogP contribution is -1.99. The van der Waals surface area contributed by atoms with Gasteiger partial charge in [0.05, 0.1) is 9.40 Å². The van der Waals surface area contributed by atoms with Crippen molar-refractivity contribution in [2.45, 2.75) is 120 Å². The average Bonchev–Trinajstić information content (AvgIpc) is 3.73. The summed E-state index contributed by atoms with van der Waals surface area (Å²) in [6.45, 7) is 14.1. The molecule has 5 aromatic carbocycles. The van der Waals surface area contributed by atoms with Crippen LogP contribution >= 0.6 is 46.2 Å². The van der Waals surface area contributed by atoms with E-state index in [1.54, 1.807) is 11.8 Å². The number of thiophene rings is 2. The molecule has 2 atom stereocenters. The highest BCUT2D eigenvalue weighted by Crippen LogP contribution is 2.46. The minimum Gasteiger partial charge on any atom is -0.134 e. The summed E-state index contributed by atoms with van der Waals surface area (Å²) in [7, 11) is 0. The summed E-state index contributed by atoms with van der Waals surface area (Å²) < 4.78 is 5.34. The van der Waals surface area contributed by atoms with Gasteiger partial charge in [-0.15, -0.1) is 29.1 Å². The SMILES string of the molecule is C#Cc1cc2sc3c4cc5ccc(Sc6ccc(CCC(C)CCCC(C)C)cc6)cc5cc4sc3c2cc1/C=C\Sc1ccc(CCC(C)CCCC(C)C)cc1. The zero-order valence-electron chi connectivity index (χ0n) is 35.4. The Morgan fingerprint density at radius 3 is 1.71 bits per heavy atom. The second-order valence-electron chi connectivity index (χ2n) is 17.5. The predicted octanol–water partition coefficient (Wildman–Crippen LogP) is 18.1. The van der Waals surface area contributed by atoms with Gasteiger partial charge >= 0.3 is 0 Å². The average molecular weight is 837 g/mol. The lowest BCUT2D eigenvalue weighted by Gasteiger charge is -2.12. The molecular weight excluding hydrogens is 777 g/mol. The second kappa shape index (κ2) is 20.2. The Balaban J connectivity index is 1.01. The van der Waals surface area contributed by atoms with Crippen LogP contribution in [0.2, 0.25) is 0 Å². The van der Waals surface area contributed by atoms with E-state index in [1.165, 1.54) is 124 Å². The summed E-state index contributed by atoms with van der Waals surface area (Å²) in [5.74, 6) is 6.18. The monoisotopic (exact) mass is 836 g/mol. The van der Waals surface area contributed by atoms with E-state index in [-0.39, 0.29) is 0 Å². The number of benzene rings is 5. The summed E-state index contributed by atoms with van der Waals surface area (Å²) in [6, 6.07) is 34.7. The van der Waals surface area contributed by atoms with Crippen LogP contribution in [0.5, 0.6) is 0 Å². The molecule has 300 valence electrons. The lowest BCUT2D eigenvalue weighted by molar-refractivity contribution is 0.437. The molecule has 0 aliphatic heterocycles. The lowest BCUT2D eigenvalue weighted by atomic mass is 9.94. The predicted molar refractivity (Wildman–Crippen MR) is 264 cm³/mol. The Labute approximate surface area is 365 Å². The molecule has 0 aliphatic carbocycles. The fourth-order valence-corrected chi connectivity index (χ4v) is 12.2. The third kappa shape index (κ3) is 11.2. The number of thioether (sulfide) groups is 1.